The number of aliphatic hydroxyl groups is 1. The molecule has 100 valence electrons. The summed E-state index contributed by atoms with van der Waals surface area (Å²) in [5.74, 6) is -1.14. The number of halogens is 3. The van der Waals surface area contributed by atoms with Crippen molar-refractivity contribution in [2.75, 3.05) is 13.1 Å². The van der Waals surface area contributed by atoms with Crippen LogP contribution in [0.4, 0.5) is 13.2 Å². The average Bonchev–Trinajstić information content (AvgIpc) is 2.29. The fourth-order valence-electron chi connectivity index (χ4n) is 3.08. The van der Waals surface area contributed by atoms with Crippen molar-refractivity contribution in [2.24, 2.45) is 5.92 Å². The van der Waals surface area contributed by atoms with Gasteiger partial charge < -0.3 is 5.11 Å². The molecule has 0 aromatic carbocycles. The van der Waals surface area contributed by atoms with Gasteiger partial charge in [0.25, 0.3) is 0 Å². The van der Waals surface area contributed by atoms with Gasteiger partial charge in [0.1, 0.15) is 0 Å². The lowest BCUT2D eigenvalue weighted by atomic mass is 9.88. The Bertz CT molecular complexity index is 249. The molecule has 2 fully saturated rings. The first kappa shape index (κ1) is 13.1. The third kappa shape index (κ3) is 3.13. The summed E-state index contributed by atoms with van der Waals surface area (Å²) in [7, 11) is 0. The summed E-state index contributed by atoms with van der Waals surface area (Å²) in [6, 6.07) is 0.0953. The van der Waals surface area contributed by atoms with E-state index in [4.69, 9.17) is 0 Å². The van der Waals surface area contributed by atoms with Crippen LogP contribution in [0.1, 0.15) is 38.5 Å². The van der Waals surface area contributed by atoms with Gasteiger partial charge in [-0.15, -0.1) is 0 Å². The van der Waals surface area contributed by atoms with Gasteiger partial charge in [0.15, 0.2) is 0 Å². The van der Waals surface area contributed by atoms with E-state index in [1.165, 1.54) is 0 Å². The highest BCUT2D eigenvalue weighted by Crippen LogP contribution is 2.36. The molecule has 1 N–H and O–H groups in total. The topological polar surface area (TPSA) is 23.5 Å². The molecule has 0 amide bonds. The van der Waals surface area contributed by atoms with Crippen LogP contribution in [-0.2, 0) is 0 Å². The van der Waals surface area contributed by atoms with Crippen LogP contribution in [0.5, 0.6) is 0 Å². The molecule has 0 radical (unpaired) electrons. The van der Waals surface area contributed by atoms with Gasteiger partial charge in [-0.1, -0.05) is 12.8 Å². The van der Waals surface area contributed by atoms with Crippen molar-refractivity contribution >= 4 is 0 Å². The number of alkyl halides is 3. The second kappa shape index (κ2) is 5.14. The van der Waals surface area contributed by atoms with Crippen molar-refractivity contribution in [2.45, 2.75) is 56.8 Å². The third-order valence-electron chi connectivity index (χ3n) is 4.16. The lowest BCUT2D eigenvalue weighted by Gasteiger charge is -2.41. The van der Waals surface area contributed by atoms with E-state index >= 15 is 0 Å². The SMILES string of the molecule is O[C@@H]1CCCC[C@H]1N1CCC(C(F)(F)F)CC1. The maximum absolute atomic E-state index is 12.5. The highest BCUT2D eigenvalue weighted by Gasteiger charge is 2.42. The molecule has 1 heterocycles. The molecule has 1 aliphatic carbocycles. The molecule has 1 saturated carbocycles. The molecule has 2 aliphatic rings. The van der Waals surface area contributed by atoms with Crippen LogP contribution in [0.15, 0.2) is 0 Å². The van der Waals surface area contributed by atoms with Crippen LogP contribution in [0.2, 0.25) is 0 Å². The van der Waals surface area contributed by atoms with Gasteiger partial charge in [-0.3, -0.25) is 4.90 Å². The first-order chi connectivity index (χ1) is 7.98. The molecule has 17 heavy (non-hydrogen) atoms. The van der Waals surface area contributed by atoms with E-state index in [0.29, 0.717) is 13.1 Å². The zero-order valence-corrected chi connectivity index (χ0v) is 9.92. The van der Waals surface area contributed by atoms with E-state index in [1.807, 2.05) is 0 Å². The molecule has 0 aromatic rings. The second-order valence-electron chi connectivity index (χ2n) is 5.27. The zero-order chi connectivity index (χ0) is 12.5. The summed E-state index contributed by atoms with van der Waals surface area (Å²) in [5.41, 5.74) is 0. The third-order valence-corrected chi connectivity index (χ3v) is 4.16. The number of likely N-dealkylation sites (tertiary alicyclic amines) is 1. The molecule has 0 spiro atoms. The van der Waals surface area contributed by atoms with E-state index < -0.39 is 12.1 Å². The Balaban J connectivity index is 1.86. The van der Waals surface area contributed by atoms with Crippen molar-refractivity contribution < 1.29 is 18.3 Å². The fraction of sp³-hybridized carbons (Fsp3) is 1.00. The Hall–Kier alpha value is -0.290. The fourth-order valence-corrected chi connectivity index (χ4v) is 3.08. The molecule has 0 unspecified atom stereocenters. The number of nitrogens with zero attached hydrogens (tertiary/aromatic N) is 1. The lowest BCUT2D eigenvalue weighted by Crippen LogP contribution is -2.50. The van der Waals surface area contributed by atoms with Crippen LogP contribution in [0, 0.1) is 5.92 Å². The molecular weight excluding hydrogens is 231 g/mol. The Morgan fingerprint density at radius 2 is 1.53 bits per heavy atom. The van der Waals surface area contributed by atoms with Crippen molar-refractivity contribution in [1.29, 1.82) is 0 Å². The summed E-state index contributed by atoms with van der Waals surface area (Å²) in [6.45, 7) is 0.956. The minimum atomic E-state index is -4.04. The van der Waals surface area contributed by atoms with Crippen molar-refractivity contribution in [3.05, 3.63) is 0 Å². The van der Waals surface area contributed by atoms with Gasteiger partial charge in [0, 0.05) is 6.04 Å². The van der Waals surface area contributed by atoms with E-state index in [2.05, 4.69) is 4.90 Å². The Morgan fingerprint density at radius 1 is 0.941 bits per heavy atom. The summed E-state index contributed by atoms with van der Waals surface area (Å²) in [4.78, 5) is 2.06. The number of piperidine rings is 1. The van der Waals surface area contributed by atoms with Crippen LogP contribution >= 0.6 is 0 Å². The van der Waals surface area contributed by atoms with Crippen molar-refractivity contribution in [3.63, 3.8) is 0 Å². The molecule has 2 atom stereocenters. The molecule has 1 aliphatic heterocycles. The van der Waals surface area contributed by atoms with Crippen molar-refractivity contribution in [1.82, 2.24) is 4.90 Å². The van der Waals surface area contributed by atoms with Gasteiger partial charge in [-0.05, 0) is 38.8 Å². The smallest absolute Gasteiger partial charge is 0.391 e. The highest BCUT2D eigenvalue weighted by atomic mass is 19.4. The van der Waals surface area contributed by atoms with Crippen molar-refractivity contribution in [3.8, 4) is 0 Å². The molecule has 1 saturated heterocycles. The first-order valence-electron chi connectivity index (χ1n) is 6.47. The molecule has 5 heteroatoms. The van der Waals surface area contributed by atoms with Gasteiger partial charge >= 0.3 is 6.18 Å². The average molecular weight is 251 g/mol. The predicted octanol–water partition coefficient (Wildman–Crippen LogP) is 2.56. The van der Waals surface area contributed by atoms with Gasteiger partial charge in [0.2, 0.25) is 0 Å². The van der Waals surface area contributed by atoms with Gasteiger partial charge in [0.05, 0.1) is 12.0 Å². The molecular formula is C12H20F3NO. The lowest BCUT2D eigenvalue weighted by molar-refractivity contribution is -0.187. The van der Waals surface area contributed by atoms with Crippen LogP contribution < -0.4 is 0 Å². The quantitative estimate of drug-likeness (QED) is 0.774. The summed E-state index contributed by atoms with van der Waals surface area (Å²) >= 11 is 0. The minimum absolute atomic E-state index is 0.0953. The highest BCUT2D eigenvalue weighted by molar-refractivity contribution is 4.87. The number of hydrogen-bond acceptors (Lipinski definition) is 2. The maximum atomic E-state index is 12.5. The minimum Gasteiger partial charge on any atom is -0.391 e. The Morgan fingerprint density at radius 3 is 2.06 bits per heavy atom. The van der Waals surface area contributed by atoms with Gasteiger partial charge in [-0.2, -0.15) is 13.2 Å². The summed E-state index contributed by atoms with van der Waals surface area (Å²) < 4.78 is 37.6. The molecule has 2 rings (SSSR count). The second-order valence-corrected chi connectivity index (χ2v) is 5.27. The van der Waals surface area contributed by atoms with Crippen LogP contribution in [-0.4, -0.2) is 41.4 Å². The Labute approximate surface area is 99.8 Å². The predicted molar refractivity (Wildman–Crippen MR) is 58.6 cm³/mol. The van der Waals surface area contributed by atoms with Gasteiger partial charge in [-0.25, -0.2) is 0 Å². The van der Waals surface area contributed by atoms with E-state index in [-0.39, 0.29) is 25.0 Å². The first-order valence-corrected chi connectivity index (χ1v) is 6.47. The maximum Gasteiger partial charge on any atom is 0.391 e. The van der Waals surface area contributed by atoms with Crippen LogP contribution in [0.25, 0.3) is 0 Å². The molecule has 0 aromatic heterocycles. The van der Waals surface area contributed by atoms with E-state index in [9.17, 15) is 18.3 Å². The van der Waals surface area contributed by atoms with E-state index in [1.54, 1.807) is 0 Å². The Kier molecular flexibility index (Phi) is 3.98. The standard InChI is InChI=1S/C12H20F3NO/c13-12(14,15)9-5-7-16(8-6-9)10-3-1-2-4-11(10)17/h9-11,17H,1-8H2/t10-,11-/m1/s1. The molecule has 0 bridgehead atoms. The van der Waals surface area contributed by atoms with E-state index in [0.717, 1.165) is 25.7 Å². The number of hydrogen-bond donors (Lipinski definition) is 1. The normalized spacial score (nSPS) is 33.9. The largest absolute Gasteiger partial charge is 0.391 e. The monoisotopic (exact) mass is 251 g/mol. The number of aliphatic hydroxyl groups excluding tert-OH is 1. The molecule has 2 nitrogen and oxygen atoms in total. The number of rotatable bonds is 1. The van der Waals surface area contributed by atoms with Crippen LogP contribution in [0.3, 0.4) is 0 Å². The summed E-state index contributed by atoms with van der Waals surface area (Å²) in [6.07, 6.45) is -0.165. The summed E-state index contributed by atoms with van der Waals surface area (Å²) in [5, 5.41) is 9.88. The zero-order valence-electron chi connectivity index (χ0n) is 9.92.